The lowest BCUT2D eigenvalue weighted by molar-refractivity contribution is 0.0954. The molecule has 0 radical (unpaired) electrons. The first kappa shape index (κ1) is 14.4. The molecule has 4 N–H and O–H groups in total. The molecule has 0 aliphatic carbocycles. The zero-order chi connectivity index (χ0) is 14.5. The maximum absolute atomic E-state index is 12.0. The second-order valence-corrected chi connectivity index (χ2v) is 5.05. The van der Waals surface area contributed by atoms with Crippen LogP contribution in [-0.4, -0.2) is 22.6 Å². The van der Waals surface area contributed by atoms with Crippen molar-refractivity contribution in [3.05, 3.63) is 46.2 Å². The SMILES string of the molecule is Cc1[nH]ncc1CCCNC(=O)c1cc(Cl)ccc1N. The van der Waals surface area contributed by atoms with E-state index in [1.165, 1.54) is 5.56 Å². The van der Waals surface area contributed by atoms with Gasteiger partial charge >= 0.3 is 0 Å². The minimum atomic E-state index is -0.200. The van der Waals surface area contributed by atoms with Gasteiger partial charge in [-0.1, -0.05) is 11.6 Å². The molecule has 20 heavy (non-hydrogen) atoms. The van der Waals surface area contributed by atoms with Gasteiger partial charge in [-0.25, -0.2) is 0 Å². The Hall–Kier alpha value is -2.01. The number of hydrogen-bond donors (Lipinski definition) is 3. The standard InChI is InChI=1S/C14H17ClN4O/c1-9-10(8-18-19-9)3-2-6-17-14(20)12-7-11(15)4-5-13(12)16/h4-5,7-8H,2-3,6,16H2,1H3,(H,17,20)(H,18,19). The first-order valence-electron chi connectivity index (χ1n) is 6.40. The highest BCUT2D eigenvalue weighted by molar-refractivity contribution is 6.31. The number of rotatable bonds is 5. The van der Waals surface area contributed by atoms with Gasteiger partial charge in [0.1, 0.15) is 0 Å². The molecule has 1 aromatic heterocycles. The van der Waals surface area contributed by atoms with Crippen LogP contribution in [0.1, 0.15) is 28.0 Å². The average molecular weight is 293 g/mol. The van der Waals surface area contributed by atoms with Crippen LogP contribution in [0.3, 0.4) is 0 Å². The fraction of sp³-hybridized carbons (Fsp3) is 0.286. The van der Waals surface area contributed by atoms with Crippen molar-refractivity contribution in [2.24, 2.45) is 0 Å². The molecule has 0 aliphatic heterocycles. The number of anilines is 1. The van der Waals surface area contributed by atoms with Crippen molar-refractivity contribution in [2.75, 3.05) is 12.3 Å². The van der Waals surface area contributed by atoms with E-state index in [1.807, 2.05) is 13.1 Å². The number of aromatic amines is 1. The van der Waals surface area contributed by atoms with Gasteiger partial charge in [-0.15, -0.1) is 0 Å². The van der Waals surface area contributed by atoms with Crippen LogP contribution in [0.25, 0.3) is 0 Å². The normalized spacial score (nSPS) is 10.5. The maximum atomic E-state index is 12.0. The lowest BCUT2D eigenvalue weighted by atomic mass is 10.1. The number of nitrogens with one attached hydrogen (secondary N) is 2. The fourth-order valence-corrected chi connectivity index (χ4v) is 2.10. The van der Waals surface area contributed by atoms with E-state index in [-0.39, 0.29) is 5.91 Å². The summed E-state index contributed by atoms with van der Waals surface area (Å²) in [6.07, 6.45) is 3.52. The van der Waals surface area contributed by atoms with Gasteiger partial charge in [-0.3, -0.25) is 9.89 Å². The lowest BCUT2D eigenvalue weighted by Crippen LogP contribution is -2.25. The monoisotopic (exact) mass is 292 g/mol. The fourth-order valence-electron chi connectivity index (χ4n) is 1.93. The lowest BCUT2D eigenvalue weighted by Gasteiger charge is -2.07. The third-order valence-electron chi connectivity index (χ3n) is 3.10. The molecule has 2 aromatic rings. The van der Waals surface area contributed by atoms with Gasteiger partial charge in [0.25, 0.3) is 5.91 Å². The summed E-state index contributed by atoms with van der Waals surface area (Å²) in [4.78, 5) is 12.0. The highest BCUT2D eigenvalue weighted by atomic mass is 35.5. The number of nitrogens with two attached hydrogens (primary N) is 1. The Bertz CT molecular complexity index is 609. The molecule has 1 amide bonds. The Labute approximate surface area is 122 Å². The predicted molar refractivity (Wildman–Crippen MR) is 79.8 cm³/mol. The number of nitrogen functional groups attached to an aromatic ring is 1. The summed E-state index contributed by atoms with van der Waals surface area (Å²) in [6.45, 7) is 2.56. The van der Waals surface area contributed by atoms with E-state index in [2.05, 4.69) is 15.5 Å². The molecular formula is C14H17ClN4O. The summed E-state index contributed by atoms with van der Waals surface area (Å²) in [5.74, 6) is -0.200. The van der Waals surface area contributed by atoms with Crippen molar-refractivity contribution in [3.63, 3.8) is 0 Å². The van der Waals surface area contributed by atoms with Crippen molar-refractivity contribution < 1.29 is 4.79 Å². The second-order valence-electron chi connectivity index (χ2n) is 4.61. The number of halogens is 1. The Kier molecular flexibility index (Phi) is 4.63. The van der Waals surface area contributed by atoms with E-state index in [1.54, 1.807) is 18.2 Å². The molecule has 0 atom stereocenters. The number of hydrogen-bond acceptors (Lipinski definition) is 3. The summed E-state index contributed by atoms with van der Waals surface area (Å²) in [7, 11) is 0. The van der Waals surface area contributed by atoms with Crippen molar-refractivity contribution in [1.29, 1.82) is 0 Å². The van der Waals surface area contributed by atoms with E-state index in [4.69, 9.17) is 17.3 Å². The van der Waals surface area contributed by atoms with Crippen LogP contribution in [0.5, 0.6) is 0 Å². The molecule has 6 heteroatoms. The van der Waals surface area contributed by atoms with Crippen molar-refractivity contribution >= 4 is 23.2 Å². The number of amides is 1. The summed E-state index contributed by atoms with van der Waals surface area (Å²) in [5.41, 5.74) is 8.84. The minimum absolute atomic E-state index is 0.200. The zero-order valence-corrected chi connectivity index (χ0v) is 12.0. The van der Waals surface area contributed by atoms with Gasteiger partial charge in [-0.05, 0) is 43.5 Å². The maximum Gasteiger partial charge on any atom is 0.253 e. The molecular weight excluding hydrogens is 276 g/mol. The Morgan fingerprint density at radius 3 is 3.00 bits per heavy atom. The molecule has 0 saturated heterocycles. The number of H-pyrrole nitrogens is 1. The number of nitrogens with zero attached hydrogens (tertiary/aromatic N) is 1. The molecule has 0 aliphatic rings. The van der Waals surface area contributed by atoms with Crippen LogP contribution in [0, 0.1) is 6.92 Å². The Morgan fingerprint density at radius 1 is 1.50 bits per heavy atom. The zero-order valence-electron chi connectivity index (χ0n) is 11.2. The van der Waals surface area contributed by atoms with E-state index in [9.17, 15) is 4.79 Å². The van der Waals surface area contributed by atoms with Gasteiger partial charge in [0.15, 0.2) is 0 Å². The molecule has 0 fully saturated rings. The molecule has 0 spiro atoms. The molecule has 2 rings (SSSR count). The van der Waals surface area contributed by atoms with E-state index < -0.39 is 0 Å². The van der Waals surface area contributed by atoms with Crippen molar-refractivity contribution in [1.82, 2.24) is 15.5 Å². The minimum Gasteiger partial charge on any atom is -0.398 e. The molecule has 0 saturated carbocycles. The van der Waals surface area contributed by atoms with Crippen LogP contribution >= 0.6 is 11.6 Å². The highest BCUT2D eigenvalue weighted by Gasteiger charge is 2.09. The van der Waals surface area contributed by atoms with Crippen LogP contribution in [-0.2, 0) is 6.42 Å². The Balaban J connectivity index is 1.83. The second kappa shape index (κ2) is 6.43. The number of carbonyl (C=O) groups is 1. The number of carbonyl (C=O) groups excluding carboxylic acids is 1. The van der Waals surface area contributed by atoms with Crippen LogP contribution in [0.2, 0.25) is 5.02 Å². The predicted octanol–water partition coefficient (Wildman–Crippen LogP) is 2.32. The molecule has 1 aromatic carbocycles. The quantitative estimate of drug-likeness (QED) is 0.584. The average Bonchev–Trinajstić information content (AvgIpc) is 2.83. The Morgan fingerprint density at radius 2 is 2.30 bits per heavy atom. The topological polar surface area (TPSA) is 83.8 Å². The van der Waals surface area contributed by atoms with Crippen LogP contribution in [0.15, 0.2) is 24.4 Å². The van der Waals surface area contributed by atoms with Gasteiger partial charge in [-0.2, -0.15) is 5.10 Å². The number of aromatic nitrogens is 2. The number of aryl methyl sites for hydroxylation is 2. The third-order valence-corrected chi connectivity index (χ3v) is 3.34. The number of benzene rings is 1. The van der Waals surface area contributed by atoms with Gasteiger partial charge in [0.05, 0.1) is 11.8 Å². The summed E-state index contributed by atoms with van der Waals surface area (Å²) < 4.78 is 0. The van der Waals surface area contributed by atoms with E-state index in [0.717, 1.165) is 18.5 Å². The molecule has 106 valence electrons. The summed E-state index contributed by atoms with van der Waals surface area (Å²) in [5, 5.41) is 10.2. The van der Waals surface area contributed by atoms with Gasteiger partial charge in [0, 0.05) is 22.9 Å². The summed E-state index contributed by atoms with van der Waals surface area (Å²) >= 11 is 5.86. The van der Waals surface area contributed by atoms with Crippen LogP contribution < -0.4 is 11.1 Å². The molecule has 1 heterocycles. The van der Waals surface area contributed by atoms with Gasteiger partial charge in [0.2, 0.25) is 0 Å². The third kappa shape index (κ3) is 3.51. The molecule has 0 unspecified atom stereocenters. The first-order chi connectivity index (χ1) is 9.58. The van der Waals surface area contributed by atoms with Gasteiger partial charge < -0.3 is 11.1 Å². The van der Waals surface area contributed by atoms with Crippen molar-refractivity contribution in [3.8, 4) is 0 Å². The highest BCUT2D eigenvalue weighted by Crippen LogP contribution is 2.17. The molecule has 5 nitrogen and oxygen atoms in total. The van der Waals surface area contributed by atoms with Crippen LogP contribution in [0.4, 0.5) is 5.69 Å². The van der Waals surface area contributed by atoms with E-state index in [0.29, 0.717) is 22.8 Å². The smallest absolute Gasteiger partial charge is 0.253 e. The largest absolute Gasteiger partial charge is 0.398 e. The van der Waals surface area contributed by atoms with E-state index >= 15 is 0 Å². The van der Waals surface area contributed by atoms with Crippen molar-refractivity contribution in [2.45, 2.75) is 19.8 Å². The first-order valence-corrected chi connectivity index (χ1v) is 6.78. The summed E-state index contributed by atoms with van der Waals surface area (Å²) in [6, 6.07) is 4.87. The molecule has 0 bridgehead atoms.